The molecule has 0 spiro atoms. The van der Waals surface area contributed by atoms with E-state index in [1.165, 1.54) is 0 Å². The summed E-state index contributed by atoms with van der Waals surface area (Å²) in [7, 11) is 0. The minimum Gasteiger partial charge on any atom is -0.267 e. The zero-order valence-electron chi connectivity index (χ0n) is 10.4. The summed E-state index contributed by atoms with van der Waals surface area (Å²) >= 11 is 0. The van der Waals surface area contributed by atoms with E-state index in [0.29, 0.717) is 10.8 Å². The molecule has 1 aromatic heterocycles. The lowest BCUT2D eigenvalue weighted by atomic mass is 9.98. The van der Waals surface area contributed by atoms with E-state index >= 15 is 0 Å². The zero-order valence-corrected chi connectivity index (χ0v) is 10.4. The first-order valence-electron chi connectivity index (χ1n) is 6.31. The highest BCUT2D eigenvalue weighted by atomic mass is 16.1. The molecule has 0 radical (unpaired) electrons. The second-order valence-electron chi connectivity index (χ2n) is 4.78. The maximum absolute atomic E-state index is 12.1. The topological polar surface area (TPSA) is 65.7 Å². The lowest BCUT2D eigenvalue weighted by Gasteiger charge is -2.06. The highest BCUT2D eigenvalue weighted by molar-refractivity contribution is 6.16. The molecule has 0 amide bonds. The van der Waals surface area contributed by atoms with Crippen molar-refractivity contribution < 1.29 is 0 Å². The summed E-state index contributed by atoms with van der Waals surface area (Å²) in [6.45, 7) is 0. The van der Waals surface area contributed by atoms with Crippen molar-refractivity contribution in [3.63, 3.8) is 0 Å². The molecule has 0 aliphatic carbocycles. The zero-order chi connectivity index (χ0) is 13.7. The Hall–Kier alpha value is -2.88. The standard InChI is InChI=1S/C16H10N2O2/c19-15-13-8-7-11-10-4-2-1-3-9(10)5-6-12(11)14(13)16(20)18-17-15/h1-8H,(H,17,19)(H,18,20). The monoisotopic (exact) mass is 262 g/mol. The Morgan fingerprint density at radius 3 is 2.20 bits per heavy atom. The van der Waals surface area contributed by atoms with Gasteiger partial charge in [-0.1, -0.05) is 42.5 Å². The molecule has 1 heterocycles. The van der Waals surface area contributed by atoms with Crippen molar-refractivity contribution >= 4 is 32.3 Å². The molecule has 96 valence electrons. The molecule has 0 atom stereocenters. The molecule has 4 heteroatoms. The fraction of sp³-hybridized carbons (Fsp3) is 0. The summed E-state index contributed by atoms with van der Waals surface area (Å²) in [4.78, 5) is 23.9. The molecule has 0 unspecified atom stereocenters. The van der Waals surface area contributed by atoms with Gasteiger partial charge >= 0.3 is 0 Å². The minimum absolute atomic E-state index is 0.277. The third kappa shape index (κ3) is 1.36. The number of aromatic nitrogens is 2. The predicted octanol–water partition coefficient (Wildman–Crippen LogP) is 2.52. The lowest BCUT2D eigenvalue weighted by molar-refractivity contribution is 0.978. The molecule has 0 bridgehead atoms. The number of rotatable bonds is 0. The quantitative estimate of drug-likeness (QED) is 0.478. The van der Waals surface area contributed by atoms with Crippen LogP contribution in [0.2, 0.25) is 0 Å². The van der Waals surface area contributed by atoms with E-state index in [9.17, 15) is 9.59 Å². The summed E-state index contributed by atoms with van der Waals surface area (Å²) < 4.78 is 0. The first-order chi connectivity index (χ1) is 9.75. The van der Waals surface area contributed by atoms with Crippen LogP contribution in [0.3, 0.4) is 0 Å². The highest BCUT2D eigenvalue weighted by Crippen LogP contribution is 2.28. The Balaban J connectivity index is 2.39. The summed E-state index contributed by atoms with van der Waals surface area (Å²) in [6, 6.07) is 15.5. The third-order valence-corrected chi connectivity index (χ3v) is 3.69. The molecule has 0 fully saturated rings. The minimum atomic E-state index is -0.283. The lowest BCUT2D eigenvalue weighted by Crippen LogP contribution is -2.19. The number of benzene rings is 3. The second kappa shape index (κ2) is 3.81. The SMILES string of the molecule is O=c1[nH][nH]c(=O)c2c1ccc1c3ccccc3ccc12. The van der Waals surface area contributed by atoms with Crippen molar-refractivity contribution in [3.05, 3.63) is 69.2 Å². The molecule has 2 N–H and O–H groups in total. The maximum Gasteiger partial charge on any atom is 0.271 e. The van der Waals surface area contributed by atoms with Gasteiger partial charge in [-0.2, -0.15) is 0 Å². The molecule has 3 aromatic carbocycles. The van der Waals surface area contributed by atoms with E-state index in [-0.39, 0.29) is 11.1 Å². The van der Waals surface area contributed by atoms with E-state index < -0.39 is 0 Å². The van der Waals surface area contributed by atoms with Gasteiger partial charge in [-0.05, 0) is 27.6 Å². The summed E-state index contributed by atoms with van der Waals surface area (Å²) in [6.07, 6.45) is 0. The van der Waals surface area contributed by atoms with Crippen molar-refractivity contribution in [1.29, 1.82) is 0 Å². The average molecular weight is 262 g/mol. The van der Waals surface area contributed by atoms with Crippen LogP contribution in [-0.2, 0) is 0 Å². The van der Waals surface area contributed by atoms with Crippen LogP contribution >= 0.6 is 0 Å². The number of hydrogen-bond donors (Lipinski definition) is 2. The van der Waals surface area contributed by atoms with Gasteiger partial charge in [0.15, 0.2) is 0 Å². The Labute approximate surface area is 112 Å². The highest BCUT2D eigenvalue weighted by Gasteiger charge is 2.09. The fourth-order valence-electron chi connectivity index (χ4n) is 2.77. The normalized spacial score (nSPS) is 11.4. The van der Waals surface area contributed by atoms with Gasteiger partial charge in [-0.25, -0.2) is 0 Å². The van der Waals surface area contributed by atoms with Gasteiger partial charge in [0.2, 0.25) is 0 Å². The van der Waals surface area contributed by atoms with Gasteiger partial charge in [0.05, 0.1) is 10.8 Å². The van der Waals surface area contributed by atoms with Crippen molar-refractivity contribution in [2.45, 2.75) is 0 Å². The van der Waals surface area contributed by atoms with Crippen molar-refractivity contribution in [3.8, 4) is 0 Å². The van der Waals surface area contributed by atoms with E-state index in [2.05, 4.69) is 10.2 Å². The number of hydrogen-bond acceptors (Lipinski definition) is 2. The van der Waals surface area contributed by atoms with Crippen molar-refractivity contribution in [2.75, 3.05) is 0 Å². The number of fused-ring (bicyclic) bond motifs is 5. The molecule has 4 nitrogen and oxygen atoms in total. The van der Waals surface area contributed by atoms with Crippen LogP contribution in [0, 0.1) is 0 Å². The van der Waals surface area contributed by atoms with Gasteiger partial charge in [0, 0.05) is 0 Å². The first-order valence-corrected chi connectivity index (χ1v) is 6.31. The van der Waals surface area contributed by atoms with Crippen LogP contribution < -0.4 is 11.1 Å². The van der Waals surface area contributed by atoms with Crippen LogP contribution in [0.5, 0.6) is 0 Å². The predicted molar refractivity (Wildman–Crippen MR) is 80.2 cm³/mol. The number of H-pyrrole nitrogens is 2. The molecule has 0 saturated heterocycles. The molecule has 20 heavy (non-hydrogen) atoms. The maximum atomic E-state index is 12.1. The third-order valence-electron chi connectivity index (χ3n) is 3.69. The second-order valence-corrected chi connectivity index (χ2v) is 4.78. The molecular weight excluding hydrogens is 252 g/mol. The van der Waals surface area contributed by atoms with Crippen LogP contribution in [0.25, 0.3) is 32.3 Å². The van der Waals surface area contributed by atoms with Crippen LogP contribution in [-0.4, -0.2) is 10.2 Å². The van der Waals surface area contributed by atoms with Crippen LogP contribution in [0.1, 0.15) is 0 Å². The van der Waals surface area contributed by atoms with Crippen molar-refractivity contribution in [1.82, 2.24) is 10.2 Å². The van der Waals surface area contributed by atoms with E-state index in [1.54, 1.807) is 6.07 Å². The first kappa shape index (κ1) is 11.0. The summed E-state index contributed by atoms with van der Waals surface area (Å²) in [5, 5.41) is 9.56. The van der Waals surface area contributed by atoms with Crippen LogP contribution in [0.15, 0.2) is 58.1 Å². The van der Waals surface area contributed by atoms with E-state index in [4.69, 9.17) is 0 Å². The largest absolute Gasteiger partial charge is 0.271 e. The summed E-state index contributed by atoms with van der Waals surface area (Å²) in [5.41, 5.74) is -0.560. The summed E-state index contributed by atoms with van der Waals surface area (Å²) in [5.74, 6) is 0. The Morgan fingerprint density at radius 1 is 0.600 bits per heavy atom. The Kier molecular flexibility index (Phi) is 2.09. The fourth-order valence-corrected chi connectivity index (χ4v) is 2.77. The number of aromatic amines is 2. The smallest absolute Gasteiger partial charge is 0.267 e. The van der Waals surface area contributed by atoms with Gasteiger partial charge in [-0.15, -0.1) is 0 Å². The van der Waals surface area contributed by atoms with E-state index in [0.717, 1.165) is 21.5 Å². The molecule has 0 aliphatic heterocycles. The number of nitrogens with one attached hydrogen (secondary N) is 2. The van der Waals surface area contributed by atoms with Crippen LogP contribution in [0.4, 0.5) is 0 Å². The molecule has 4 rings (SSSR count). The average Bonchev–Trinajstić information content (AvgIpc) is 2.50. The van der Waals surface area contributed by atoms with Gasteiger partial charge in [-0.3, -0.25) is 19.8 Å². The Morgan fingerprint density at radius 2 is 1.30 bits per heavy atom. The molecule has 4 aromatic rings. The molecular formula is C16H10N2O2. The van der Waals surface area contributed by atoms with Gasteiger partial charge < -0.3 is 0 Å². The van der Waals surface area contributed by atoms with Gasteiger partial charge in [0.1, 0.15) is 0 Å². The molecule has 0 aliphatic rings. The van der Waals surface area contributed by atoms with E-state index in [1.807, 2.05) is 42.5 Å². The van der Waals surface area contributed by atoms with Crippen molar-refractivity contribution in [2.24, 2.45) is 0 Å². The Bertz CT molecular complexity index is 1090. The molecule has 0 saturated carbocycles. The van der Waals surface area contributed by atoms with Gasteiger partial charge in [0.25, 0.3) is 11.1 Å².